The number of fused-ring (bicyclic) bond motifs is 3. The van der Waals surface area contributed by atoms with Crippen molar-refractivity contribution < 1.29 is 0 Å². The monoisotopic (exact) mass is 798 g/mol. The molecule has 0 amide bonds. The predicted molar refractivity (Wildman–Crippen MR) is 267 cm³/mol. The van der Waals surface area contributed by atoms with Gasteiger partial charge in [0, 0.05) is 32.8 Å². The molecule has 0 spiro atoms. The lowest BCUT2D eigenvalue weighted by Gasteiger charge is -2.32. The third kappa shape index (κ3) is 6.16. The summed E-state index contributed by atoms with van der Waals surface area (Å²) in [5.74, 6) is 0. The van der Waals surface area contributed by atoms with E-state index in [-0.39, 0.29) is 10.8 Å². The first-order chi connectivity index (χ1) is 30.0. The van der Waals surface area contributed by atoms with Crippen molar-refractivity contribution in [3.05, 3.63) is 205 Å². The van der Waals surface area contributed by atoms with Crippen molar-refractivity contribution in [1.82, 2.24) is 4.57 Å². The Balaban J connectivity index is 1.19. The molecule has 0 aliphatic rings. The van der Waals surface area contributed by atoms with Crippen LogP contribution in [0.2, 0.25) is 0 Å². The Hall–Kier alpha value is -7.16. The summed E-state index contributed by atoms with van der Waals surface area (Å²) in [6, 6.07) is 72.5. The van der Waals surface area contributed by atoms with Crippen molar-refractivity contribution in [3.8, 4) is 27.9 Å². The summed E-state index contributed by atoms with van der Waals surface area (Å²) in [7, 11) is 0. The number of hydrogen-bond acceptors (Lipinski definition) is 1. The lowest BCUT2D eigenvalue weighted by atomic mass is 9.84. The van der Waals surface area contributed by atoms with E-state index in [1.165, 1.54) is 93.2 Å². The van der Waals surface area contributed by atoms with Gasteiger partial charge in [-0.2, -0.15) is 0 Å². The highest BCUT2D eigenvalue weighted by Crippen LogP contribution is 2.49. The Morgan fingerprint density at radius 1 is 0.371 bits per heavy atom. The second kappa shape index (κ2) is 14.2. The first-order valence-corrected chi connectivity index (χ1v) is 21.9. The molecule has 0 saturated carbocycles. The SMILES string of the molecule is CC(C)(C)c1ccc(N(c2ccc(C(C)(C)C)cc2-c2cccc(-c3ccccc3)c2)c2ccc3ccc4c(-n5c6ccccc6c6ccccc65)ccc5ccc2c3c54)cc1. The molecular weight excluding hydrogens is 749 g/mol. The van der Waals surface area contributed by atoms with Crippen LogP contribution < -0.4 is 4.90 Å². The van der Waals surface area contributed by atoms with Gasteiger partial charge in [-0.25, -0.2) is 0 Å². The molecule has 0 aliphatic heterocycles. The van der Waals surface area contributed by atoms with E-state index in [4.69, 9.17) is 0 Å². The van der Waals surface area contributed by atoms with Gasteiger partial charge in [-0.1, -0.05) is 181 Å². The molecule has 0 atom stereocenters. The van der Waals surface area contributed by atoms with Gasteiger partial charge in [0.15, 0.2) is 0 Å². The molecule has 1 heterocycles. The Morgan fingerprint density at radius 3 is 1.58 bits per heavy atom. The summed E-state index contributed by atoms with van der Waals surface area (Å²) < 4.78 is 2.47. The van der Waals surface area contributed by atoms with Crippen molar-refractivity contribution in [1.29, 1.82) is 0 Å². The number of anilines is 3. The number of nitrogens with zero attached hydrogens (tertiary/aromatic N) is 2. The van der Waals surface area contributed by atoms with Crippen LogP contribution in [0.5, 0.6) is 0 Å². The number of rotatable bonds is 6. The van der Waals surface area contributed by atoms with Crippen LogP contribution in [0.1, 0.15) is 52.7 Å². The lowest BCUT2D eigenvalue weighted by molar-refractivity contribution is 0.590. The maximum absolute atomic E-state index is 2.52. The van der Waals surface area contributed by atoms with E-state index in [1.54, 1.807) is 0 Å². The molecule has 0 radical (unpaired) electrons. The van der Waals surface area contributed by atoms with Gasteiger partial charge in [0.05, 0.1) is 28.1 Å². The molecule has 0 N–H and O–H groups in total. The zero-order valence-corrected chi connectivity index (χ0v) is 36.4. The van der Waals surface area contributed by atoms with Gasteiger partial charge in [-0.05, 0) is 115 Å². The third-order valence-electron chi connectivity index (χ3n) is 13.1. The third-order valence-corrected chi connectivity index (χ3v) is 13.1. The normalized spacial score (nSPS) is 12.4. The maximum Gasteiger partial charge on any atom is 0.0541 e. The van der Waals surface area contributed by atoms with Crippen LogP contribution >= 0.6 is 0 Å². The Morgan fingerprint density at radius 2 is 0.903 bits per heavy atom. The summed E-state index contributed by atoms with van der Waals surface area (Å²) in [5, 5.41) is 10.1. The predicted octanol–water partition coefficient (Wildman–Crippen LogP) is 17.1. The van der Waals surface area contributed by atoms with Gasteiger partial charge in [0.2, 0.25) is 0 Å². The molecule has 0 unspecified atom stereocenters. The van der Waals surface area contributed by atoms with Crippen LogP contribution in [0.3, 0.4) is 0 Å². The fourth-order valence-corrected chi connectivity index (χ4v) is 9.79. The van der Waals surface area contributed by atoms with Crippen LogP contribution in [0.25, 0.3) is 82.1 Å². The molecule has 0 bridgehead atoms. The molecule has 300 valence electrons. The summed E-state index contributed by atoms with van der Waals surface area (Å²) in [4.78, 5) is 2.52. The summed E-state index contributed by atoms with van der Waals surface area (Å²) in [6.45, 7) is 13.8. The minimum absolute atomic E-state index is 0.0296. The Bertz CT molecular complexity index is 3410. The van der Waals surface area contributed by atoms with Crippen LogP contribution in [-0.2, 0) is 10.8 Å². The van der Waals surface area contributed by atoms with E-state index in [9.17, 15) is 0 Å². The average Bonchev–Trinajstić information content (AvgIpc) is 3.62. The van der Waals surface area contributed by atoms with E-state index in [1.807, 2.05) is 0 Å². The van der Waals surface area contributed by atoms with Gasteiger partial charge in [0.1, 0.15) is 0 Å². The summed E-state index contributed by atoms with van der Waals surface area (Å²) in [5.41, 5.74) is 14.5. The second-order valence-corrected chi connectivity index (χ2v) is 19.0. The molecule has 62 heavy (non-hydrogen) atoms. The van der Waals surface area contributed by atoms with E-state index in [0.29, 0.717) is 0 Å². The number of para-hydroxylation sites is 2. The molecule has 11 rings (SSSR count). The van der Waals surface area contributed by atoms with E-state index in [2.05, 4.69) is 245 Å². The van der Waals surface area contributed by atoms with Gasteiger partial charge in [-0.15, -0.1) is 0 Å². The second-order valence-electron chi connectivity index (χ2n) is 19.0. The topological polar surface area (TPSA) is 8.17 Å². The fraction of sp³-hybridized carbons (Fsp3) is 0.133. The molecule has 10 aromatic carbocycles. The minimum atomic E-state index is -0.0371. The highest BCUT2D eigenvalue weighted by molar-refractivity contribution is 6.27. The van der Waals surface area contributed by atoms with Crippen molar-refractivity contribution in [2.75, 3.05) is 4.90 Å². The van der Waals surface area contributed by atoms with Gasteiger partial charge < -0.3 is 9.47 Å². The minimum Gasteiger partial charge on any atom is -0.309 e. The highest BCUT2D eigenvalue weighted by Gasteiger charge is 2.25. The van der Waals surface area contributed by atoms with Crippen LogP contribution in [0.15, 0.2) is 194 Å². The molecular formula is C60H50N2. The molecule has 0 saturated heterocycles. The number of hydrogen-bond donors (Lipinski definition) is 0. The Kier molecular flexibility index (Phi) is 8.67. The molecule has 11 aromatic rings. The lowest BCUT2D eigenvalue weighted by Crippen LogP contribution is -2.16. The van der Waals surface area contributed by atoms with Crippen molar-refractivity contribution in [2.24, 2.45) is 0 Å². The average molecular weight is 799 g/mol. The van der Waals surface area contributed by atoms with E-state index in [0.717, 1.165) is 17.1 Å². The first kappa shape index (κ1) is 37.8. The fourth-order valence-electron chi connectivity index (χ4n) is 9.79. The quantitative estimate of drug-likeness (QED) is 0.152. The van der Waals surface area contributed by atoms with Gasteiger partial charge in [0.25, 0.3) is 0 Å². The van der Waals surface area contributed by atoms with Gasteiger partial charge >= 0.3 is 0 Å². The smallest absolute Gasteiger partial charge is 0.0541 e. The molecule has 1 aromatic heterocycles. The van der Waals surface area contributed by atoms with Gasteiger partial charge in [-0.3, -0.25) is 0 Å². The first-order valence-electron chi connectivity index (χ1n) is 21.9. The largest absolute Gasteiger partial charge is 0.309 e. The number of benzene rings is 10. The molecule has 2 heteroatoms. The number of aromatic nitrogens is 1. The molecule has 0 aliphatic carbocycles. The zero-order valence-electron chi connectivity index (χ0n) is 36.4. The zero-order chi connectivity index (χ0) is 42.3. The summed E-state index contributed by atoms with van der Waals surface area (Å²) in [6.07, 6.45) is 0. The Labute approximate surface area is 364 Å². The van der Waals surface area contributed by atoms with Crippen LogP contribution in [-0.4, -0.2) is 4.57 Å². The highest BCUT2D eigenvalue weighted by atomic mass is 15.1. The van der Waals surface area contributed by atoms with Crippen LogP contribution in [0.4, 0.5) is 17.1 Å². The van der Waals surface area contributed by atoms with Crippen molar-refractivity contribution in [2.45, 2.75) is 52.4 Å². The van der Waals surface area contributed by atoms with Crippen molar-refractivity contribution in [3.63, 3.8) is 0 Å². The van der Waals surface area contributed by atoms with E-state index >= 15 is 0 Å². The maximum atomic E-state index is 2.52. The van der Waals surface area contributed by atoms with E-state index < -0.39 is 0 Å². The molecule has 2 nitrogen and oxygen atoms in total. The van der Waals surface area contributed by atoms with Crippen LogP contribution in [0, 0.1) is 0 Å². The summed E-state index contributed by atoms with van der Waals surface area (Å²) >= 11 is 0. The standard InChI is InChI=1S/C60H50N2/c1-59(2,3)44-27-30-46(31-28-44)61(56-36-29-45(60(4,5)6)38-51(56)43-18-14-17-42(37-43)39-15-8-7-9-16-39)54-34-25-40-24-33-50-55(35-26-41-23-32-49(54)57(40)58(41)50)62-52-21-12-10-19-47(52)48-20-11-13-22-53(48)62/h7-38H,1-6H3. The van der Waals surface area contributed by atoms with Crippen molar-refractivity contribution >= 4 is 71.2 Å². The molecule has 0 fully saturated rings.